The van der Waals surface area contributed by atoms with Crippen molar-refractivity contribution in [3.05, 3.63) is 47.2 Å². The van der Waals surface area contributed by atoms with E-state index in [0.29, 0.717) is 11.4 Å². The number of benzene rings is 1. The molecule has 0 spiro atoms. The summed E-state index contributed by atoms with van der Waals surface area (Å²) in [5, 5.41) is 10.1. The van der Waals surface area contributed by atoms with Gasteiger partial charge in [-0.15, -0.1) is 0 Å². The summed E-state index contributed by atoms with van der Waals surface area (Å²) in [6.45, 7) is 1.72. The first-order valence-electron chi connectivity index (χ1n) is 5.86. The van der Waals surface area contributed by atoms with E-state index in [-0.39, 0.29) is 5.91 Å². The summed E-state index contributed by atoms with van der Waals surface area (Å²) in [5.41, 5.74) is 3.15. The lowest BCUT2D eigenvalue weighted by Crippen LogP contribution is -2.14. The van der Waals surface area contributed by atoms with Gasteiger partial charge in [0.15, 0.2) is 0 Å². The Labute approximate surface area is 105 Å². The minimum Gasteiger partial charge on any atom is -0.309 e. The number of hydrogen-bond acceptors (Lipinski definition) is 3. The molecule has 5 heteroatoms. The first-order valence-corrected chi connectivity index (χ1v) is 5.86. The Hall–Kier alpha value is -2.14. The molecule has 3 rings (SSSR count). The van der Waals surface area contributed by atoms with Gasteiger partial charge in [0.1, 0.15) is 5.82 Å². The highest BCUT2D eigenvalue weighted by Gasteiger charge is 2.14. The Morgan fingerprint density at radius 2 is 2.17 bits per heavy atom. The second kappa shape index (κ2) is 4.27. The molecule has 2 N–H and O–H groups in total. The Bertz CT molecular complexity index is 603. The second-order valence-electron chi connectivity index (χ2n) is 4.38. The fraction of sp³-hybridized carbons (Fsp3) is 0.231. The molecule has 0 atom stereocenters. The van der Waals surface area contributed by atoms with Gasteiger partial charge >= 0.3 is 0 Å². The zero-order valence-electron chi connectivity index (χ0n) is 10.1. The van der Waals surface area contributed by atoms with Crippen LogP contribution < -0.4 is 10.6 Å². The summed E-state index contributed by atoms with van der Waals surface area (Å²) in [4.78, 5) is 12.1. The zero-order chi connectivity index (χ0) is 12.5. The summed E-state index contributed by atoms with van der Waals surface area (Å²) in [7, 11) is 1.79. The van der Waals surface area contributed by atoms with Crippen molar-refractivity contribution in [1.82, 2.24) is 15.1 Å². The number of nitrogens with one attached hydrogen (secondary N) is 2. The predicted octanol–water partition coefficient (Wildman–Crippen LogP) is 1.28. The van der Waals surface area contributed by atoms with E-state index in [1.54, 1.807) is 24.0 Å². The summed E-state index contributed by atoms with van der Waals surface area (Å²) in [6.07, 6.45) is 1.65. The van der Waals surface area contributed by atoms with Gasteiger partial charge in [0.2, 0.25) is 0 Å². The zero-order valence-corrected chi connectivity index (χ0v) is 10.1. The van der Waals surface area contributed by atoms with Crippen LogP contribution >= 0.6 is 0 Å². The van der Waals surface area contributed by atoms with E-state index in [1.165, 1.54) is 11.1 Å². The van der Waals surface area contributed by atoms with E-state index in [1.807, 2.05) is 18.2 Å². The maximum Gasteiger partial charge on any atom is 0.256 e. The number of anilines is 1. The van der Waals surface area contributed by atoms with Gasteiger partial charge in [0, 0.05) is 31.8 Å². The smallest absolute Gasteiger partial charge is 0.256 e. The Balaban J connectivity index is 1.83. The molecule has 1 aromatic carbocycles. The predicted molar refractivity (Wildman–Crippen MR) is 68.1 cm³/mol. The summed E-state index contributed by atoms with van der Waals surface area (Å²) in [6, 6.07) is 7.58. The Morgan fingerprint density at radius 3 is 2.94 bits per heavy atom. The second-order valence-corrected chi connectivity index (χ2v) is 4.38. The highest BCUT2D eigenvalue weighted by atomic mass is 16.1. The topological polar surface area (TPSA) is 59.0 Å². The molecule has 1 aliphatic rings. The number of aromatic nitrogens is 2. The summed E-state index contributed by atoms with van der Waals surface area (Å²) >= 11 is 0. The van der Waals surface area contributed by atoms with Crippen molar-refractivity contribution in [2.24, 2.45) is 7.05 Å². The number of carbonyl (C=O) groups is 1. The highest BCUT2D eigenvalue weighted by molar-refractivity contribution is 6.04. The van der Waals surface area contributed by atoms with Crippen LogP contribution in [0.3, 0.4) is 0 Å². The molecular formula is C13H14N4O. The summed E-state index contributed by atoms with van der Waals surface area (Å²) in [5.74, 6) is 0.590. The number of rotatable bonds is 2. The Kier molecular flexibility index (Phi) is 2.60. The minimum atomic E-state index is -0.103. The van der Waals surface area contributed by atoms with Gasteiger partial charge in [-0.05, 0) is 23.3 Å². The average molecular weight is 242 g/mol. The molecule has 1 aliphatic heterocycles. The third-order valence-corrected chi connectivity index (χ3v) is 3.16. The number of carbonyl (C=O) groups excluding carboxylic acids is 1. The van der Waals surface area contributed by atoms with Crippen molar-refractivity contribution in [2.45, 2.75) is 13.1 Å². The molecule has 0 fully saturated rings. The molecule has 1 aromatic heterocycles. The van der Waals surface area contributed by atoms with Crippen molar-refractivity contribution in [3.63, 3.8) is 0 Å². The lowest BCUT2D eigenvalue weighted by molar-refractivity contribution is 0.102. The molecule has 2 heterocycles. The number of hydrogen-bond donors (Lipinski definition) is 2. The maximum atomic E-state index is 12.1. The average Bonchev–Trinajstić information content (AvgIpc) is 2.98. The molecule has 5 nitrogen and oxygen atoms in total. The summed E-state index contributed by atoms with van der Waals surface area (Å²) < 4.78 is 1.63. The monoisotopic (exact) mass is 242 g/mol. The standard InChI is InChI=1S/C13H14N4O/c1-17-12(4-5-15-17)16-13(18)9-2-3-10-7-14-8-11(10)6-9/h2-6,14H,7-8H2,1H3,(H,16,18). The first kappa shape index (κ1) is 11.0. The van der Waals surface area contributed by atoms with Crippen LogP contribution in [-0.4, -0.2) is 15.7 Å². The van der Waals surface area contributed by atoms with Crippen molar-refractivity contribution >= 4 is 11.7 Å². The molecule has 0 saturated carbocycles. The van der Waals surface area contributed by atoms with Crippen LogP contribution in [-0.2, 0) is 20.1 Å². The van der Waals surface area contributed by atoms with E-state index >= 15 is 0 Å². The molecule has 1 amide bonds. The number of nitrogens with zero attached hydrogens (tertiary/aromatic N) is 2. The van der Waals surface area contributed by atoms with E-state index in [4.69, 9.17) is 0 Å². The number of aryl methyl sites for hydroxylation is 1. The van der Waals surface area contributed by atoms with Gasteiger partial charge in [0.05, 0.1) is 6.20 Å². The van der Waals surface area contributed by atoms with Gasteiger partial charge in [-0.3, -0.25) is 9.48 Å². The molecule has 0 bridgehead atoms. The third-order valence-electron chi connectivity index (χ3n) is 3.16. The van der Waals surface area contributed by atoms with Gasteiger partial charge in [-0.25, -0.2) is 0 Å². The Morgan fingerprint density at radius 1 is 1.33 bits per heavy atom. The maximum absolute atomic E-state index is 12.1. The fourth-order valence-corrected chi connectivity index (χ4v) is 2.12. The van der Waals surface area contributed by atoms with Gasteiger partial charge in [0.25, 0.3) is 5.91 Å². The van der Waals surface area contributed by atoms with Gasteiger partial charge in [-0.2, -0.15) is 5.10 Å². The fourth-order valence-electron chi connectivity index (χ4n) is 2.12. The molecule has 0 radical (unpaired) electrons. The molecule has 2 aromatic rings. The lowest BCUT2D eigenvalue weighted by atomic mass is 10.1. The van der Waals surface area contributed by atoms with E-state index in [0.717, 1.165) is 13.1 Å². The number of amides is 1. The largest absolute Gasteiger partial charge is 0.309 e. The van der Waals surface area contributed by atoms with Crippen molar-refractivity contribution in [1.29, 1.82) is 0 Å². The lowest BCUT2D eigenvalue weighted by Gasteiger charge is -2.06. The molecule has 0 saturated heterocycles. The van der Waals surface area contributed by atoms with Crippen LogP contribution in [0.5, 0.6) is 0 Å². The van der Waals surface area contributed by atoms with Crippen molar-refractivity contribution in [3.8, 4) is 0 Å². The van der Waals surface area contributed by atoms with Gasteiger partial charge in [-0.1, -0.05) is 6.07 Å². The van der Waals surface area contributed by atoms with Crippen molar-refractivity contribution in [2.75, 3.05) is 5.32 Å². The van der Waals surface area contributed by atoms with E-state index < -0.39 is 0 Å². The molecular weight excluding hydrogens is 228 g/mol. The highest BCUT2D eigenvalue weighted by Crippen LogP contribution is 2.17. The van der Waals surface area contributed by atoms with Crippen LogP contribution in [0.1, 0.15) is 21.5 Å². The molecule has 18 heavy (non-hydrogen) atoms. The quantitative estimate of drug-likeness (QED) is 0.834. The molecule has 92 valence electrons. The van der Waals surface area contributed by atoms with E-state index in [2.05, 4.69) is 15.7 Å². The molecule has 0 unspecified atom stereocenters. The SMILES string of the molecule is Cn1nccc1NC(=O)c1ccc2c(c1)CNC2. The van der Waals surface area contributed by atoms with Crippen LogP contribution in [0.15, 0.2) is 30.5 Å². The third kappa shape index (κ3) is 1.89. The normalized spacial score (nSPS) is 13.4. The van der Waals surface area contributed by atoms with Crippen LogP contribution in [0, 0.1) is 0 Å². The number of fused-ring (bicyclic) bond motifs is 1. The first-order chi connectivity index (χ1) is 8.74. The van der Waals surface area contributed by atoms with E-state index in [9.17, 15) is 4.79 Å². The van der Waals surface area contributed by atoms with Crippen LogP contribution in [0.25, 0.3) is 0 Å². The molecule has 0 aliphatic carbocycles. The van der Waals surface area contributed by atoms with Crippen LogP contribution in [0.2, 0.25) is 0 Å². The van der Waals surface area contributed by atoms with Crippen molar-refractivity contribution < 1.29 is 4.79 Å². The minimum absolute atomic E-state index is 0.103. The van der Waals surface area contributed by atoms with Crippen LogP contribution in [0.4, 0.5) is 5.82 Å². The van der Waals surface area contributed by atoms with Gasteiger partial charge < -0.3 is 10.6 Å².